The maximum absolute atomic E-state index is 12.7. The lowest BCUT2D eigenvalue weighted by Crippen LogP contribution is -2.04. The van der Waals surface area contributed by atoms with Crippen molar-refractivity contribution >= 4 is 0 Å². The zero-order valence-electron chi connectivity index (χ0n) is 6.79. The highest BCUT2D eigenvalue weighted by Crippen LogP contribution is 2.16. The Morgan fingerprint density at radius 2 is 2.17 bits per heavy atom. The molecule has 0 aliphatic heterocycles. The van der Waals surface area contributed by atoms with Crippen molar-refractivity contribution in [2.75, 3.05) is 0 Å². The monoisotopic (exact) mass is 170 g/mol. The Labute approximate surface area is 70.3 Å². The third-order valence-electron chi connectivity index (χ3n) is 1.54. The molecule has 2 N–H and O–H groups in total. The van der Waals surface area contributed by atoms with Gasteiger partial charge in [-0.2, -0.15) is 0 Å². The number of aromatic hydroxyl groups is 1. The number of hydrogen-bond acceptors (Lipinski definition) is 2. The molecule has 0 unspecified atom stereocenters. The van der Waals surface area contributed by atoms with E-state index < -0.39 is 11.9 Å². The van der Waals surface area contributed by atoms with Gasteiger partial charge in [0.1, 0.15) is 0 Å². The third kappa shape index (κ3) is 2.20. The smallest absolute Gasteiger partial charge is 0.165 e. The maximum atomic E-state index is 12.7. The first-order chi connectivity index (χ1) is 5.59. The van der Waals surface area contributed by atoms with Gasteiger partial charge in [-0.15, -0.1) is 0 Å². The first kappa shape index (κ1) is 9.00. The predicted molar refractivity (Wildman–Crippen MR) is 43.4 cm³/mol. The van der Waals surface area contributed by atoms with E-state index in [1.807, 2.05) is 0 Å². The molecule has 12 heavy (non-hydrogen) atoms. The van der Waals surface area contributed by atoms with Crippen molar-refractivity contribution in [3.05, 3.63) is 29.6 Å². The van der Waals surface area contributed by atoms with Gasteiger partial charge in [0, 0.05) is 0 Å². The molecule has 0 aromatic heterocycles. The second kappa shape index (κ2) is 3.54. The van der Waals surface area contributed by atoms with Gasteiger partial charge in [0.15, 0.2) is 11.6 Å². The average molecular weight is 170 g/mol. The molecule has 1 atom stereocenters. The van der Waals surface area contributed by atoms with Crippen LogP contribution in [0, 0.1) is 5.82 Å². The van der Waals surface area contributed by atoms with Gasteiger partial charge in [-0.3, -0.25) is 0 Å². The van der Waals surface area contributed by atoms with E-state index >= 15 is 0 Å². The number of aliphatic hydroxyl groups is 1. The van der Waals surface area contributed by atoms with Crippen molar-refractivity contribution in [1.29, 1.82) is 0 Å². The van der Waals surface area contributed by atoms with Crippen LogP contribution >= 0.6 is 0 Å². The number of benzene rings is 1. The van der Waals surface area contributed by atoms with Crippen molar-refractivity contribution in [1.82, 2.24) is 0 Å². The second-order valence-corrected chi connectivity index (χ2v) is 2.84. The summed E-state index contributed by atoms with van der Waals surface area (Å²) in [5, 5.41) is 17.8. The van der Waals surface area contributed by atoms with E-state index in [0.717, 1.165) is 0 Å². The molecule has 66 valence electrons. The normalized spacial score (nSPS) is 12.9. The summed E-state index contributed by atoms with van der Waals surface area (Å²) in [5.41, 5.74) is 0.681. The minimum absolute atomic E-state index is 0.357. The predicted octanol–water partition coefficient (Wildman–Crippen LogP) is 1.45. The number of aliphatic hydroxyl groups excluding tert-OH is 1. The molecule has 0 radical (unpaired) electrons. The lowest BCUT2D eigenvalue weighted by Gasteiger charge is -2.04. The Morgan fingerprint density at radius 3 is 2.67 bits per heavy atom. The van der Waals surface area contributed by atoms with Crippen molar-refractivity contribution in [2.45, 2.75) is 19.4 Å². The summed E-state index contributed by atoms with van der Waals surface area (Å²) in [4.78, 5) is 0. The summed E-state index contributed by atoms with van der Waals surface area (Å²) < 4.78 is 12.7. The molecule has 0 heterocycles. The van der Waals surface area contributed by atoms with Crippen LogP contribution in [0.1, 0.15) is 12.5 Å². The average Bonchev–Trinajstić information content (AvgIpc) is 1.96. The lowest BCUT2D eigenvalue weighted by molar-refractivity contribution is 0.195. The van der Waals surface area contributed by atoms with Crippen LogP contribution in [0.3, 0.4) is 0 Å². The maximum Gasteiger partial charge on any atom is 0.165 e. The van der Waals surface area contributed by atoms with Crippen LogP contribution in [-0.4, -0.2) is 16.3 Å². The number of rotatable bonds is 2. The van der Waals surface area contributed by atoms with Gasteiger partial charge in [-0.25, -0.2) is 4.39 Å². The van der Waals surface area contributed by atoms with Crippen molar-refractivity contribution < 1.29 is 14.6 Å². The SMILES string of the molecule is C[C@H](O)Cc1ccc(O)c(F)c1. The van der Waals surface area contributed by atoms with E-state index in [4.69, 9.17) is 10.2 Å². The molecule has 1 rings (SSSR count). The quantitative estimate of drug-likeness (QED) is 0.705. The molecular formula is C9H11FO2. The third-order valence-corrected chi connectivity index (χ3v) is 1.54. The van der Waals surface area contributed by atoms with Gasteiger partial charge in [0.2, 0.25) is 0 Å². The Hall–Kier alpha value is -1.09. The first-order valence-electron chi connectivity index (χ1n) is 3.75. The van der Waals surface area contributed by atoms with E-state index in [-0.39, 0.29) is 5.75 Å². The van der Waals surface area contributed by atoms with E-state index in [1.54, 1.807) is 13.0 Å². The second-order valence-electron chi connectivity index (χ2n) is 2.84. The minimum atomic E-state index is -0.645. The summed E-state index contributed by atoms with van der Waals surface area (Å²) in [7, 11) is 0. The van der Waals surface area contributed by atoms with Crippen molar-refractivity contribution in [3.63, 3.8) is 0 Å². The van der Waals surface area contributed by atoms with E-state index in [1.165, 1.54) is 12.1 Å². The summed E-state index contributed by atoms with van der Waals surface area (Å²) >= 11 is 0. The van der Waals surface area contributed by atoms with Crippen LogP contribution in [0.15, 0.2) is 18.2 Å². The molecule has 0 bridgehead atoms. The van der Waals surface area contributed by atoms with Gasteiger partial charge >= 0.3 is 0 Å². The number of hydrogen-bond donors (Lipinski definition) is 2. The summed E-state index contributed by atoms with van der Waals surface area (Å²) in [6, 6.07) is 4.10. The number of phenolic OH excluding ortho intramolecular Hbond substituents is 1. The van der Waals surface area contributed by atoms with E-state index in [0.29, 0.717) is 12.0 Å². The van der Waals surface area contributed by atoms with Gasteiger partial charge < -0.3 is 10.2 Å². The molecule has 3 heteroatoms. The molecule has 0 amide bonds. The van der Waals surface area contributed by atoms with Crippen LogP contribution in [0.25, 0.3) is 0 Å². The molecule has 1 aromatic carbocycles. The summed E-state index contributed by atoms with van der Waals surface area (Å²) in [6.45, 7) is 1.63. The molecule has 0 spiro atoms. The van der Waals surface area contributed by atoms with Crippen LogP contribution in [-0.2, 0) is 6.42 Å². The molecule has 0 saturated carbocycles. The summed E-state index contributed by atoms with van der Waals surface area (Å²) in [6.07, 6.45) is -0.0917. The molecule has 2 nitrogen and oxygen atoms in total. The zero-order chi connectivity index (χ0) is 9.14. The van der Waals surface area contributed by atoms with Crippen molar-refractivity contribution in [3.8, 4) is 5.75 Å². The highest BCUT2D eigenvalue weighted by atomic mass is 19.1. The fraction of sp³-hybridized carbons (Fsp3) is 0.333. The molecule has 1 aromatic rings. The Balaban J connectivity index is 2.82. The Kier molecular flexibility index (Phi) is 2.65. The highest BCUT2D eigenvalue weighted by molar-refractivity contribution is 5.28. The van der Waals surface area contributed by atoms with E-state index in [2.05, 4.69) is 0 Å². The molecular weight excluding hydrogens is 159 g/mol. The van der Waals surface area contributed by atoms with E-state index in [9.17, 15) is 4.39 Å². The number of halogens is 1. The van der Waals surface area contributed by atoms with Gasteiger partial charge in [0.25, 0.3) is 0 Å². The molecule has 0 fully saturated rings. The van der Waals surface area contributed by atoms with Crippen LogP contribution in [0.2, 0.25) is 0 Å². The Bertz CT molecular complexity index is 271. The lowest BCUT2D eigenvalue weighted by atomic mass is 10.1. The van der Waals surface area contributed by atoms with Gasteiger partial charge in [0.05, 0.1) is 6.10 Å². The van der Waals surface area contributed by atoms with Crippen LogP contribution in [0.4, 0.5) is 4.39 Å². The number of phenols is 1. The first-order valence-corrected chi connectivity index (χ1v) is 3.75. The minimum Gasteiger partial charge on any atom is -0.505 e. The van der Waals surface area contributed by atoms with Crippen LogP contribution < -0.4 is 0 Å². The van der Waals surface area contributed by atoms with Gasteiger partial charge in [-0.05, 0) is 31.0 Å². The summed E-state index contributed by atoms with van der Waals surface area (Å²) in [5.74, 6) is -1.00. The fourth-order valence-corrected chi connectivity index (χ4v) is 1.02. The molecule has 0 saturated heterocycles. The molecule has 0 aliphatic carbocycles. The van der Waals surface area contributed by atoms with Crippen molar-refractivity contribution in [2.24, 2.45) is 0 Å². The molecule has 0 aliphatic rings. The highest BCUT2D eigenvalue weighted by Gasteiger charge is 2.03. The van der Waals surface area contributed by atoms with Crippen LogP contribution in [0.5, 0.6) is 5.75 Å². The zero-order valence-corrected chi connectivity index (χ0v) is 6.79. The Morgan fingerprint density at radius 1 is 1.50 bits per heavy atom. The fourth-order valence-electron chi connectivity index (χ4n) is 1.02. The topological polar surface area (TPSA) is 40.5 Å². The largest absolute Gasteiger partial charge is 0.505 e. The van der Waals surface area contributed by atoms with Gasteiger partial charge in [-0.1, -0.05) is 6.07 Å². The standard InChI is InChI=1S/C9H11FO2/c1-6(11)4-7-2-3-9(12)8(10)5-7/h2-3,5-6,11-12H,4H2,1H3/t6-/m0/s1.